The van der Waals surface area contributed by atoms with Gasteiger partial charge in [0.25, 0.3) is 0 Å². The van der Waals surface area contributed by atoms with Crippen molar-refractivity contribution in [1.29, 1.82) is 0 Å². The van der Waals surface area contributed by atoms with Crippen molar-refractivity contribution in [2.45, 2.75) is 65.8 Å². The van der Waals surface area contributed by atoms with Crippen LogP contribution in [0.3, 0.4) is 0 Å². The number of carbonyl (C=O) groups excluding carboxylic acids is 2. The largest absolute Gasteiger partial charge is 0.479 e. The lowest BCUT2D eigenvalue weighted by atomic mass is 10.0. The van der Waals surface area contributed by atoms with Gasteiger partial charge in [0.05, 0.1) is 17.9 Å². The average molecular weight is 517 g/mol. The third-order valence-electron chi connectivity index (χ3n) is 5.84. The van der Waals surface area contributed by atoms with Gasteiger partial charge in [-0.25, -0.2) is 4.79 Å². The Morgan fingerprint density at radius 1 is 1.03 bits per heavy atom. The van der Waals surface area contributed by atoms with Gasteiger partial charge in [-0.2, -0.15) is 18.3 Å². The standard InChI is InChI=1S/C28H31F3N2O4/c1-6-36-27(35)19(5)37-26-14-9-21(15-18(26)4)25(34)13-12-23-16-24(32-33(23)17(2)3)20-7-10-22(11-8-20)28(29,30)31/h7-11,14-17,19H,6,12-13H2,1-5H3. The molecule has 1 heterocycles. The van der Waals surface area contributed by atoms with E-state index < -0.39 is 23.8 Å². The second kappa shape index (κ2) is 11.6. The number of rotatable bonds is 10. The van der Waals surface area contributed by atoms with Crippen LogP contribution in [0.5, 0.6) is 5.75 Å². The molecule has 0 aliphatic rings. The molecule has 0 saturated carbocycles. The highest BCUT2D eigenvalue weighted by atomic mass is 19.4. The van der Waals surface area contributed by atoms with Crippen molar-refractivity contribution >= 4 is 11.8 Å². The van der Waals surface area contributed by atoms with Crippen molar-refractivity contribution < 1.29 is 32.2 Å². The van der Waals surface area contributed by atoms with Crippen LogP contribution in [-0.4, -0.2) is 34.2 Å². The molecule has 0 aliphatic carbocycles. The van der Waals surface area contributed by atoms with Crippen LogP contribution in [0, 0.1) is 6.92 Å². The van der Waals surface area contributed by atoms with E-state index >= 15 is 0 Å². The maximum atomic E-state index is 12.9. The van der Waals surface area contributed by atoms with Crippen molar-refractivity contribution in [2.75, 3.05) is 6.61 Å². The summed E-state index contributed by atoms with van der Waals surface area (Å²) in [6.45, 7) is 9.30. The Morgan fingerprint density at radius 3 is 2.27 bits per heavy atom. The molecule has 3 aromatic rings. The summed E-state index contributed by atoms with van der Waals surface area (Å²) in [5, 5.41) is 4.57. The van der Waals surface area contributed by atoms with Crippen LogP contribution in [0.2, 0.25) is 0 Å². The summed E-state index contributed by atoms with van der Waals surface area (Å²) in [7, 11) is 0. The molecule has 0 fully saturated rings. The van der Waals surface area contributed by atoms with Crippen molar-refractivity contribution in [3.8, 4) is 17.0 Å². The second-order valence-electron chi connectivity index (χ2n) is 9.05. The Hall–Kier alpha value is -3.62. The third-order valence-corrected chi connectivity index (χ3v) is 5.84. The predicted octanol–water partition coefficient (Wildman–Crippen LogP) is 6.60. The zero-order valence-electron chi connectivity index (χ0n) is 21.6. The second-order valence-corrected chi connectivity index (χ2v) is 9.05. The zero-order chi connectivity index (χ0) is 27.3. The quantitative estimate of drug-likeness (QED) is 0.224. The molecular formula is C28H31F3N2O4. The number of benzene rings is 2. The number of nitrogens with zero attached hydrogens (tertiary/aromatic N) is 2. The van der Waals surface area contributed by atoms with Gasteiger partial charge < -0.3 is 9.47 Å². The van der Waals surface area contributed by atoms with E-state index in [4.69, 9.17) is 9.47 Å². The van der Waals surface area contributed by atoms with Gasteiger partial charge in [-0.3, -0.25) is 9.48 Å². The fraction of sp³-hybridized carbons (Fsp3) is 0.393. The number of hydrogen-bond acceptors (Lipinski definition) is 5. The molecule has 9 heteroatoms. The van der Waals surface area contributed by atoms with Gasteiger partial charge in [-0.15, -0.1) is 0 Å². The van der Waals surface area contributed by atoms with Gasteiger partial charge in [0.15, 0.2) is 11.9 Å². The summed E-state index contributed by atoms with van der Waals surface area (Å²) in [6.07, 6.45) is -4.52. The van der Waals surface area contributed by atoms with Crippen LogP contribution in [0.25, 0.3) is 11.3 Å². The molecule has 198 valence electrons. The molecule has 0 saturated heterocycles. The number of aromatic nitrogens is 2. The zero-order valence-corrected chi connectivity index (χ0v) is 21.6. The lowest BCUT2D eigenvalue weighted by Gasteiger charge is -2.15. The van der Waals surface area contributed by atoms with Gasteiger partial charge in [0, 0.05) is 29.3 Å². The van der Waals surface area contributed by atoms with Crippen LogP contribution in [0.4, 0.5) is 13.2 Å². The molecule has 0 amide bonds. The van der Waals surface area contributed by atoms with Crippen molar-refractivity contribution in [3.05, 3.63) is 70.9 Å². The van der Waals surface area contributed by atoms with Crippen molar-refractivity contribution in [2.24, 2.45) is 0 Å². The molecule has 0 radical (unpaired) electrons. The molecule has 3 rings (SSSR count). The number of ether oxygens (including phenoxy) is 2. The highest BCUT2D eigenvalue weighted by Gasteiger charge is 2.30. The Morgan fingerprint density at radius 2 is 1.70 bits per heavy atom. The fourth-order valence-corrected chi connectivity index (χ4v) is 3.88. The molecule has 1 aromatic heterocycles. The fourth-order valence-electron chi connectivity index (χ4n) is 3.88. The number of esters is 1. The van der Waals surface area contributed by atoms with E-state index in [0.29, 0.717) is 29.0 Å². The molecular weight excluding hydrogens is 485 g/mol. The lowest BCUT2D eigenvalue weighted by Crippen LogP contribution is -2.26. The first-order valence-corrected chi connectivity index (χ1v) is 12.1. The first kappa shape index (κ1) is 28.0. The minimum absolute atomic E-state index is 0.00775. The SMILES string of the molecule is CCOC(=O)C(C)Oc1ccc(C(=O)CCc2cc(-c3ccc(C(F)(F)F)cc3)nn2C(C)C)cc1C. The number of ketones is 1. The molecule has 0 spiro atoms. The van der Waals surface area contributed by atoms with Gasteiger partial charge >= 0.3 is 12.1 Å². The molecule has 0 aliphatic heterocycles. The van der Waals surface area contributed by atoms with Crippen LogP contribution in [0.15, 0.2) is 48.5 Å². The minimum atomic E-state index is -4.40. The molecule has 2 aromatic carbocycles. The Kier molecular flexibility index (Phi) is 8.78. The number of aryl methyl sites for hydroxylation is 2. The van der Waals surface area contributed by atoms with E-state index in [-0.39, 0.29) is 24.9 Å². The first-order chi connectivity index (χ1) is 17.4. The van der Waals surface area contributed by atoms with Gasteiger partial charge in [-0.1, -0.05) is 12.1 Å². The van der Waals surface area contributed by atoms with Gasteiger partial charge in [-0.05, 0) is 83.0 Å². The topological polar surface area (TPSA) is 70.4 Å². The summed E-state index contributed by atoms with van der Waals surface area (Å²) in [5.41, 5.74) is 2.47. The van der Waals surface area contributed by atoms with Gasteiger partial charge in [0.2, 0.25) is 0 Å². The number of Topliss-reactive ketones (excluding diaryl/α,β-unsaturated/α-hetero) is 1. The summed E-state index contributed by atoms with van der Waals surface area (Å²) in [4.78, 5) is 24.8. The minimum Gasteiger partial charge on any atom is -0.479 e. The molecule has 37 heavy (non-hydrogen) atoms. The molecule has 0 N–H and O–H groups in total. The normalized spacial score (nSPS) is 12.5. The van der Waals surface area contributed by atoms with Crippen LogP contribution in [0.1, 0.15) is 67.3 Å². The third kappa shape index (κ3) is 6.99. The molecule has 1 unspecified atom stereocenters. The summed E-state index contributed by atoms with van der Waals surface area (Å²) >= 11 is 0. The molecule has 0 bridgehead atoms. The number of hydrogen-bond donors (Lipinski definition) is 0. The average Bonchev–Trinajstić information content (AvgIpc) is 3.28. The highest BCUT2D eigenvalue weighted by molar-refractivity contribution is 5.96. The summed E-state index contributed by atoms with van der Waals surface area (Å²) in [5.74, 6) is -0.0312. The van der Waals surface area contributed by atoms with E-state index in [2.05, 4.69) is 5.10 Å². The van der Waals surface area contributed by atoms with E-state index in [1.54, 1.807) is 43.7 Å². The van der Waals surface area contributed by atoms with E-state index in [1.807, 2.05) is 19.9 Å². The van der Waals surface area contributed by atoms with E-state index in [1.165, 1.54) is 12.1 Å². The highest BCUT2D eigenvalue weighted by Crippen LogP contribution is 2.31. The first-order valence-electron chi connectivity index (χ1n) is 12.1. The molecule has 1 atom stereocenters. The maximum absolute atomic E-state index is 12.9. The predicted molar refractivity (Wildman–Crippen MR) is 134 cm³/mol. The number of carbonyl (C=O) groups is 2. The summed E-state index contributed by atoms with van der Waals surface area (Å²) < 4.78 is 51.1. The lowest BCUT2D eigenvalue weighted by molar-refractivity contribution is -0.150. The van der Waals surface area contributed by atoms with E-state index in [0.717, 1.165) is 23.4 Å². The van der Waals surface area contributed by atoms with Crippen LogP contribution >= 0.6 is 0 Å². The molecule has 6 nitrogen and oxygen atoms in total. The number of alkyl halides is 3. The van der Waals surface area contributed by atoms with Gasteiger partial charge in [0.1, 0.15) is 5.75 Å². The van der Waals surface area contributed by atoms with Crippen molar-refractivity contribution in [3.63, 3.8) is 0 Å². The monoisotopic (exact) mass is 516 g/mol. The Labute approximate surface area is 214 Å². The smallest absolute Gasteiger partial charge is 0.416 e. The van der Waals surface area contributed by atoms with Crippen molar-refractivity contribution in [1.82, 2.24) is 9.78 Å². The maximum Gasteiger partial charge on any atom is 0.416 e. The van der Waals surface area contributed by atoms with Crippen LogP contribution < -0.4 is 4.74 Å². The Balaban J connectivity index is 1.71. The number of halogens is 3. The summed E-state index contributed by atoms with van der Waals surface area (Å²) in [6, 6.07) is 11.8. The Bertz CT molecular complexity index is 1250. The van der Waals surface area contributed by atoms with E-state index in [9.17, 15) is 22.8 Å². The van der Waals surface area contributed by atoms with Crippen LogP contribution in [-0.2, 0) is 22.1 Å².